The molecule has 79 heavy (non-hydrogen) atoms. The number of piperidine rings is 3. The molecule has 5 aromatic rings. The molecular weight excluding hydrogens is 1020 g/mol. The second kappa shape index (κ2) is 25.5. The maximum Gasteiger partial charge on any atom is 0.408 e. The Hall–Kier alpha value is -6.27. The van der Waals surface area contributed by atoms with E-state index >= 15 is 0 Å². The number of nitrogens with zero attached hydrogens (tertiary/aromatic N) is 5. The fraction of sp³-hybridized carbons (Fsp3) is 0.541. The van der Waals surface area contributed by atoms with Crippen molar-refractivity contribution in [1.82, 2.24) is 40.7 Å². The number of carbonyl (C=O) groups is 4. The largest absolute Gasteiger partial charge is 0.449 e. The Balaban J connectivity index is 0.666. The Bertz CT molecular complexity index is 2820. The van der Waals surface area contributed by atoms with Crippen LogP contribution in [0.25, 0.3) is 22.2 Å². The van der Waals surface area contributed by atoms with Crippen LogP contribution in [0.4, 0.5) is 15.4 Å². The molecule has 4 fully saturated rings. The average Bonchev–Trinajstić information content (AvgIpc) is 4.26. The van der Waals surface area contributed by atoms with Crippen LogP contribution in [0.1, 0.15) is 126 Å². The number of ether oxygens (including phenoxy) is 4. The van der Waals surface area contributed by atoms with Crippen LogP contribution in [0.2, 0.25) is 5.02 Å². The number of aromatic nitrogens is 3. The molecule has 3 aliphatic heterocycles. The summed E-state index contributed by atoms with van der Waals surface area (Å²) in [6.07, 6.45) is 12.0. The van der Waals surface area contributed by atoms with Gasteiger partial charge < -0.3 is 54.6 Å². The van der Waals surface area contributed by atoms with Crippen LogP contribution in [0.3, 0.4) is 0 Å². The predicted octanol–water partition coefficient (Wildman–Crippen LogP) is 9.70. The topological polar surface area (TPSA) is 193 Å². The number of anilines is 1. The Kier molecular flexibility index (Phi) is 18.1. The number of H-pyrrole nitrogens is 1. The number of hydrogen-bond donors (Lipinski definition) is 4. The standard InChI is InChI=1S/C61H78ClN9O8/c1-60(2,3)79-59(75)68-61(27-34-70(35-28-61)55-50-21-29-63-54(50)64-40-65-55)57(73)66-52(41-17-19-43(62)20-18-41)26-37-76-38-36-69-30-22-44(23-31-69)78-45-24-32-71(33-25-45)56(72)53(42-11-5-4-6-12-42)67-58(74)77-39-51-48-15-9-7-13-46(48)47-14-8-10-16-49(47)51/h7-10,13-21,29,40,42,44-45,51-53H,4-6,11-12,22-28,30-39H2,1-3H3,(H,66,73)(H,67,74)(H,68,75)(H,63,64,65)/t52-,53+/m0/s1. The SMILES string of the molecule is CC(C)(C)OC(=O)NC1(C(=O)N[C@@H](CCOCCN2CCC(OC3CCN(C(=O)[C@H](NC(=O)OCC4c5ccccc5-c5ccccc54)C4CCCCC4)CC3)CC2)c2ccc(Cl)cc2)CCN(c2ncnc3[nH]ccc23)CC1. The molecule has 3 saturated heterocycles. The quantitative estimate of drug-likeness (QED) is 0.0609. The third-order valence-corrected chi connectivity index (χ3v) is 17.0. The molecule has 0 radical (unpaired) electrons. The molecular formula is C61H78ClN9O8. The molecule has 5 aliphatic rings. The van der Waals surface area contributed by atoms with Crippen molar-refractivity contribution in [2.75, 3.05) is 70.5 Å². The van der Waals surface area contributed by atoms with Gasteiger partial charge in [0, 0.05) is 69.6 Å². The van der Waals surface area contributed by atoms with Gasteiger partial charge in [-0.05, 0) is 130 Å². The first-order valence-corrected chi connectivity index (χ1v) is 29.1. The van der Waals surface area contributed by atoms with Gasteiger partial charge in [-0.1, -0.05) is 91.5 Å². The zero-order valence-corrected chi connectivity index (χ0v) is 46.8. The van der Waals surface area contributed by atoms with Crippen LogP contribution < -0.4 is 20.9 Å². The van der Waals surface area contributed by atoms with Gasteiger partial charge in [-0.25, -0.2) is 19.6 Å². The summed E-state index contributed by atoms with van der Waals surface area (Å²) < 4.78 is 24.6. The summed E-state index contributed by atoms with van der Waals surface area (Å²) in [5, 5.41) is 10.9. The van der Waals surface area contributed by atoms with Crippen molar-refractivity contribution in [2.24, 2.45) is 5.92 Å². The minimum atomic E-state index is -1.24. The lowest BCUT2D eigenvalue weighted by molar-refractivity contribution is -0.139. The van der Waals surface area contributed by atoms with Crippen molar-refractivity contribution in [2.45, 2.75) is 139 Å². The van der Waals surface area contributed by atoms with Crippen molar-refractivity contribution in [3.63, 3.8) is 0 Å². The summed E-state index contributed by atoms with van der Waals surface area (Å²) in [4.78, 5) is 74.4. The summed E-state index contributed by atoms with van der Waals surface area (Å²) in [7, 11) is 0. The van der Waals surface area contributed by atoms with Gasteiger partial charge in [0.2, 0.25) is 11.8 Å². The molecule has 4 amide bonds. The van der Waals surface area contributed by atoms with E-state index in [0.29, 0.717) is 63.7 Å². The maximum atomic E-state index is 14.6. The summed E-state index contributed by atoms with van der Waals surface area (Å²) in [6, 6.07) is 25.0. The van der Waals surface area contributed by atoms with Crippen LogP contribution in [-0.4, -0.2) is 144 Å². The first kappa shape index (κ1) is 56.0. The van der Waals surface area contributed by atoms with Gasteiger partial charge in [-0.2, -0.15) is 0 Å². The molecule has 2 aromatic heterocycles. The number of likely N-dealkylation sites (tertiary alicyclic amines) is 2. The van der Waals surface area contributed by atoms with Crippen LogP contribution in [0.5, 0.6) is 0 Å². The molecule has 4 N–H and O–H groups in total. The number of hydrogen-bond acceptors (Lipinski definition) is 12. The third kappa shape index (κ3) is 13.8. The molecule has 17 nitrogen and oxygen atoms in total. The van der Waals surface area contributed by atoms with E-state index in [0.717, 1.165) is 111 Å². The zero-order chi connectivity index (χ0) is 54.9. The summed E-state index contributed by atoms with van der Waals surface area (Å²) >= 11 is 6.32. The number of carbonyl (C=O) groups excluding carboxylic acids is 4. The van der Waals surface area contributed by atoms with E-state index in [9.17, 15) is 19.2 Å². The van der Waals surface area contributed by atoms with E-state index in [1.54, 1.807) is 20.8 Å². The second-order valence-electron chi connectivity index (χ2n) is 23.2. The molecule has 422 valence electrons. The minimum Gasteiger partial charge on any atom is -0.449 e. The second-order valence-corrected chi connectivity index (χ2v) is 23.6. The van der Waals surface area contributed by atoms with Crippen LogP contribution >= 0.6 is 11.6 Å². The number of alkyl carbamates (subject to hydrolysis) is 2. The van der Waals surface area contributed by atoms with Crippen molar-refractivity contribution in [3.8, 4) is 11.1 Å². The Morgan fingerprint density at radius 3 is 2.09 bits per heavy atom. The fourth-order valence-corrected chi connectivity index (χ4v) is 12.6. The number of amides is 4. The maximum absolute atomic E-state index is 14.6. The normalized spacial score (nSPS) is 19.3. The van der Waals surface area contributed by atoms with Crippen molar-refractivity contribution in [3.05, 3.63) is 113 Å². The van der Waals surface area contributed by atoms with Crippen molar-refractivity contribution in [1.29, 1.82) is 0 Å². The zero-order valence-electron chi connectivity index (χ0n) is 46.1. The van der Waals surface area contributed by atoms with Gasteiger partial charge >= 0.3 is 12.2 Å². The summed E-state index contributed by atoms with van der Waals surface area (Å²) in [5.74, 6) is 0.513. The lowest BCUT2D eigenvalue weighted by Gasteiger charge is -2.42. The predicted molar refractivity (Wildman–Crippen MR) is 304 cm³/mol. The molecule has 0 bridgehead atoms. The molecule has 5 heterocycles. The van der Waals surface area contributed by atoms with E-state index in [-0.39, 0.29) is 42.5 Å². The Labute approximate surface area is 469 Å². The van der Waals surface area contributed by atoms with Crippen molar-refractivity contribution >= 4 is 52.5 Å². The first-order chi connectivity index (χ1) is 38.3. The fourth-order valence-electron chi connectivity index (χ4n) is 12.5. The number of aromatic amines is 1. The molecule has 0 unspecified atom stereocenters. The highest BCUT2D eigenvalue weighted by atomic mass is 35.5. The molecule has 10 rings (SSSR count). The molecule has 0 spiro atoms. The van der Waals surface area contributed by atoms with Gasteiger partial charge in [-0.3, -0.25) is 9.59 Å². The van der Waals surface area contributed by atoms with Crippen LogP contribution in [0, 0.1) is 5.92 Å². The number of nitrogens with one attached hydrogen (secondary N) is 4. The lowest BCUT2D eigenvalue weighted by Crippen LogP contribution is -2.64. The third-order valence-electron chi connectivity index (χ3n) is 16.8. The molecule has 3 aromatic carbocycles. The smallest absolute Gasteiger partial charge is 0.408 e. The Morgan fingerprint density at radius 1 is 0.759 bits per heavy atom. The molecule has 2 aliphatic carbocycles. The highest BCUT2D eigenvalue weighted by Crippen LogP contribution is 2.44. The van der Waals surface area contributed by atoms with E-state index < -0.39 is 35.4 Å². The van der Waals surface area contributed by atoms with Gasteiger partial charge in [0.1, 0.15) is 41.6 Å². The van der Waals surface area contributed by atoms with Crippen LogP contribution in [0.15, 0.2) is 91.4 Å². The van der Waals surface area contributed by atoms with Crippen LogP contribution in [-0.2, 0) is 28.5 Å². The number of rotatable bonds is 18. The highest BCUT2D eigenvalue weighted by Gasteiger charge is 2.45. The highest BCUT2D eigenvalue weighted by molar-refractivity contribution is 6.30. The number of benzene rings is 3. The molecule has 1 saturated carbocycles. The monoisotopic (exact) mass is 1100 g/mol. The number of fused-ring (bicyclic) bond motifs is 4. The molecule has 18 heteroatoms. The average molecular weight is 1100 g/mol. The van der Waals surface area contributed by atoms with E-state index in [4.69, 9.17) is 30.5 Å². The van der Waals surface area contributed by atoms with E-state index in [1.807, 2.05) is 65.7 Å². The first-order valence-electron chi connectivity index (χ1n) is 28.8. The summed E-state index contributed by atoms with van der Waals surface area (Å²) in [6.45, 7) is 11.3. The van der Waals surface area contributed by atoms with Gasteiger partial charge in [-0.15, -0.1) is 0 Å². The lowest BCUT2D eigenvalue weighted by atomic mass is 9.83. The molecule has 2 atom stereocenters. The van der Waals surface area contributed by atoms with Gasteiger partial charge in [0.25, 0.3) is 0 Å². The minimum absolute atomic E-state index is 0.00805. The van der Waals surface area contributed by atoms with Gasteiger partial charge in [0.05, 0.1) is 30.2 Å². The van der Waals surface area contributed by atoms with Gasteiger partial charge in [0.15, 0.2) is 0 Å². The number of halogens is 1. The Morgan fingerprint density at radius 2 is 1.42 bits per heavy atom. The van der Waals surface area contributed by atoms with E-state index in [2.05, 4.69) is 65.0 Å². The summed E-state index contributed by atoms with van der Waals surface area (Å²) in [5.41, 5.74) is 4.29. The van der Waals surface area contributed by atoms with Crippen molar-refractivity contribution < 1.29 is 38.1 Å². The van der Waals surface area contributed by atoms with E-state index in [1.165, 1.54) is 17.5 Å².